The van der Waals surface area contributed by atoms with Gasteiger partial charge >= 0.3 is 0 Å². The molecule has 0 fully saturated rings. The smallest absolute Gasteiger partial charge is 0.137 e. The molecule has 4 aromatic rings. The second-order valence-corrected chi connectivity index (χ2v) is 28.6. The van der Waals surface area contributed by atoms with Crippen LogP contribution < -0.4 is 10.2 Å². The van der Waals surface area contributed by atoms with E-state index in [0.29, 0.717) is 23.7 Å². The van der Waals surface area contributed by atoms with Gasteiger partial charge in [-0.3, -0.25) is 0 Å². The number of rotatable bonds is 10. The Balaban J connectivity index is 0.000000320. The Morgan fingerprint density at radius 1 is 0.367 bits per heavy atom. The number of aliphatic imine (C=N–C) groups is 2. The van der Waals surface area contributed by atoms with Gasteiger partial charge < -0.3 is 10.2 Å². The summed E-state index contributed by atoms with van der Waals surface area (Å²) in [6.07, 6.45) is 0. The van der Waals surface area contributed by atoms with Crippen LogP contribution in [-0.4, -0.2) is 32.3 Å². The number of nitrogens with zero attached hydrogens (tertiary/aromatic N) is 2. The Morgan fingerprint density at radius 2 is 0.600 bits per heavy atom. The van der Waals surface area contributed by atoms with E-state index in [2.05, 4.69) is 246 Å². The molecule has 0 saturated carbocycles. The van der Waals surface area contributed by atoms with Crippen LogP contribution >= 0.6 is 16.1 Å². The molecule has 0 saturated heterocycles. The summed E-state index contributed by atoms with van der Waals surface area (Å²) in [4.78, 5) is 10.7. The van der Waals surface area contributed by atoms with E-state index < -0.39 is 16.1 Å². The van der Waals surface area contributed by atoms with Crippen molar-refractivity contribution in [3.8, 4) is 0 Å². The molecule has 0 unspecified atom stereocenters. The molecular formula is C54H82N4P2. The molecule has 2 N–H and O–H groups in total. The van der Waals surface area contributed by atoms with E-state index in [1.54, 1.807) is 0 Å². The number of benzene rings is 4. The molecule has 60 heavy (non-hydrogen) atoms. The van der Waals surface area contributed by atoms with Gasteiger partial charge in [0.1, 0.15) is 11.7 Å². The molecule has 0 spiro atoms. The highest BCUT2D eigenvalue weighted by atomic mass is 31.1. The van der Waals surface area contributed by atoms with E-state index in [1.807, 2.05) is 0 Å². The first-order chi connectivity index (χ1) is 27.6. The molecule has 0 aliphatic heterocycles. The summed E-state index contributed by atoms with van der Waals surface area (Å²) in [7, 11) is -1.07. The lowest BCUT2D eigenvalue weighted by molar-refractivity contribution is 0.699. The monoisotopic (exact) mass is 849 g/mol. The fourth-order valence-corrected chi connectivity index (χ4v) is 14.0. The lowest BCUT2D eigenvalue weighted by Crippen LogP contribution is -2.36. The van der Waals surface area contributed by atoms with Gasteiger partial charge in [-0.05, 0) is 45.9 Å². The molecule has 4 nitrogen and oxygen atoms in total. The first-order valence-electron chi connectivity index (χ1n) is 22.3. The Labute approximate surface area is 371 Å². The van der Waals surface area contributed by atoms with Crippen LogP contribution in [0, 0.1) is 0 Å². The number of nitrogens with one attached hydrogen (secondary N) is 2. The lowest BCUT2D eigenvalue weighted by atomic mass is 9.93. The minimum atomic E-state index is -0.533. The van der Waals surface area contributed by atoms with Gasteiger partial charge in [0.2, 0.25) is 0 Å². The Hall–Kier alpha value is -3.32. The van der Waals surface area contributed by atoms with E-state index in [0.717, 1.165) is 34.2 Å². The molecule has 0 amide bonds. The van der Waals surface area contributed by atoms with Gasteiger partial charge in [-0.2, -0.15) is 0 Å². The molecule has 0 aromatic heterocycles. The lowest BCUT2D eigenvalue weighted by Gasteiger charge is -2.42. The molecule has 0 bridgehead atoms. The third-order valence-corrected chi connectivity index (χ3v) is 16.6. The van der Waals surface area contributed by atoms with Crippen molar-refractivity contribution in [2.24, 2.45) is 9.98 Å². The summed E-state index contributed by atoms with van der Waals surface area (Å²) in [5, 5.41) is 8.51. The van der Waals surface area contributed by atoms with Crippen LogP contribution in [0.1, 0.15) is 196 Å². The van der Waals surface area contributed by atoms with Crippen LogP contribution in [0.25, 0.3) is 0 Å². The van der Waals surface area contributed by atoms with E-state index in [1.165, 1.54) is 22.3 Å². The van der Waals surface area contributed by atoms with Crippen molar-refractivity contribution >= 4 is 39.2 Å². The minimum Gasteiger partial charge on any atom is -0.348 e. The summed E-state index contributed by atoms with van der Waals surface area (Å²) in [5.74, 6) is 3.66. The van der Waals surface area contributed by atoms with Gasteiger partial charge in [-0.15, -0.1) is 0 Å². The highest BCUT2D eigenvalue weighted by molar-refractivity contribution is 7.60. The SMILES string of the molecule is CC(C)c1cccc(C(C)C)c1N=C(NP(C(C)(C)C)C(C)(C)C)c1ccccc1.CC(C)c1cccc(C(C)C)c1N=C(NP(C(C)(C)C)C(C)(C)C)c1ccccc1. The maximum atomic E-state index is 5.36. The van der Waals surface area contributed by atoms with Crippen LogP contribution in [0.3, 0.4) is 0 Å². The Kier molecular flexibility index (Phi) is 18.0. The predicted octanol–water partition coefficient (Wildman–Crippen LogP) is 17.2. The van der Waals surface area contributed by atoms with Crippen LogP contribution in [0.4, 0.5) is 11.4 Å². The van der Waals surface area contributed by atoms with Gasteiger partial charge in [-0.1, -0.05) is 236 Å². The summed E-state index contributed by atoms with van der Waals surface area (Å²) in [6.45, 7) is 46.1. The average Bonchev–Trinajstić information content (AvgIpc) is 3.13. The zero-order valence-electron chi connectivity index (χ0n) is 41.3. The Bertz CT molecular complexity index is 1770. The van der Waals surface area contributed by atoms with Crippen LogP contribution in [0.5, 0.6) is 0 Å². The summed E-state index contributed by atoms with van der Waals surface area (Å²) >= 11 is 0. The summed E-state index contributed by atoms with van der Waals surface area (Å²) in [6, 6.07) is 34.5. The molecular weight excluding hydrogens is 767 g/mol. The molecule has 4 aromatic carbocycles. The second kappa shape index (κ2) is 21.2. The molecule has 0 radical (unpaired) electrons. The normalized spacial score (nSPS) is 13.4. The maximum Gasteiger partial charge on any atom is 0.137 e. The molecule has 0 aliphatic rings. The zero-order valence-corrected chi connectivity index (χ0v) is 43.1. The fourth-order valence-electron chi connectivity index (χ4n) is 7.90. The number of para-hydroxylation sites is 2. The van der Waals surface area contributed by atoms with E-state index in [9.17, 15) is 0 Å². The van der Waals surface area contributed by atoms with Crippen molar-refractivity contribution < 1.29 is 0 Å². The van der Waals surface area contributed by atoms with Crippen LogP contribution in [0.2, 0.25) is 0 Å². The second-order valence-electron chi connectivity index (χ2n) is 21.4. The zero-order chi connectivity index (χ0) is 45.4. The Morgan fingerprint density at radius 3 is 0.800 bits per heavy atom. The van der Waals surface area contributed by atoms with Gasteiger partial charge in [0.15, 0.2) is 0 Å². The van der Waals surface area contributed by atoms with Gasteiger partial charge in [0.25, 0.3) is 0 Å². The highest BCUT2D eigenvalue weighted by Crippen LogP contribution is 2.57. The minimum absolute atomic E-state index is 0.154. The molecule has 0 heterocycles. The molecule has 328 valence electrons. The fraction of sp³-hybridized carbons (Fsp3) is 0.519. The van der Waals surface area contributed by atoms with Gasteiger partial charge in [0, 0.05) is 47.9 Å². The van der Waals surface area contributed by atoms with Crippen molar-refractivity contribution in [2.45, 2.75) is 183 Å². The van der Waals surface area contributed by atoms with Crippen molar-refractivity contribution in [2.75, 3.05) is 0 Å². The van der Waals surface area contributed by atoms with Crippen molar-refractivity contribution in [1.29, 1.82) is 0 Å². The van der Waals surface area contributed by atoms with E-state index in [-0.39, 0.29) is 20.6 Å². The number of amidine groups is 2. The van der Waals surface area contributed by atoms with Crippen LogP contribution in [0.15, 0.2) is 107 Å². The largest absolute Gasteiger partial charge is 0.348 e. The molecule has 0 aliphatic carbocycles. The van der Waals surface area contributed by atoms with E-state index in [4.69, 9.17) is 9.98 Å². The quantitative estimate of drug-likeness (QED) is 0.0949. The van der Waals surface area contributed by atoms with Gasteiger partial charge in [-0.25, -0.2) is 9.98 Å². The third-order valence-electron chi connectivity index (χ3n) is 10.3. The molecule has 4 rings (SSSR count). The van der Waals surface area contributed by atoms with Crippen molar-refractivity contribution in [3.63, 3.8) is 0 Å². The standard InChI is InChI=1S/2C27H41N2P/c2*1-19(2)22-17-14-18-23(20(3)4)24(22)28-25(21-15-12-11-13-16-21)29-30(26(5,6)7)27(8,9)10/h2*11-20H,1-10H3,(H,28,29). The molecule has 0 atom stereocenters. The van der Waals surface area contributed by atoms with Crippen molar-refractivity contribution in [1.82, 2.24) is 10.2 Å². The number of hydrogen-bond donors (Lipinski definition) is 2. The van der Waals surface area contributed by atoms with Gasteiger partial charge in [0.05, 0.1) is 11.4 Å². The first-order valence-corrected chi connectivity index (χ1v) is 25.0. The summed E-state index contributed by atoms with van der Waals surface area (Å²) in [5.41, 5.74) is 9.80. The van der Waals surface area contributed by atoms with Crippen molar-refractivity contribution in [3.05, 3.63) is 130 Å². The highest BCUT2D eigenvalue weighted by Gasteiger charge is 2.37. The molecule has 6 heteroatoms. The predicted molar refractivity (Wildman–Crippen MR) is 274 cm³/mol. The average molecular weight is 849 g/mol. The van der Waals surface area contributed by atoms with E-state index >= 15 is 0 Å². The number of hydrogen-bond acceptors (Lipinski definition) is 2. The summed E-state index contributed by atoms with van der Waals surface area (Å²) < 4.78 is 0. The topological polar surface area (TPSA) is 48.8 Å². The first kappa shape index (κ1) is 51.0. The maximum absolute atomic E-state index is 5.36. The third kappa shape index (κ3) is 14.4. The van der Waals surface area contributed by atoms with Crippen LogP contribution in [-0.2, 0) is 0 Å².